The summed E-state index contributed by atoms with van der Waals surface area (Å²) in [7, 11) is 0. The molecule has 1 aromatic heterocycles. The van der Waals surface area contributed by atoms with Crippen molar-refractivity contribution < 1.29 is 9.52 Å². The van der Waals surface area contributed by atoms with Crippen LogP contribution in [0.3, 0.4) is 0 Å². The van der Waals surface area contributed by atoms with E-state index in [0.717, 1.165) is 15.9 Å². The largest absolute Gasteiger partial charge is 0.462 e. The molecular formula is C12H11BrClNO2. The van der Waals surface area contributed by atoms with Crippen molar-refractivity contribution in [2.24, 2.45) is 0 Å². The number of rotatable bonds is 4. The number of hydrogen-bond donors (Lipinski definition) is 2. The molecule has 17 heavy (non-hydrogen) atoms. The van der Waals surface area contributed by atoms with Crippen molar-refractivity contribution in [2.75, 3.05) is 5.32 Å². The van der Waals surface area contributed by atoms with Crippen LogP contribution in [0.15, 0.2) is 39.2 Å². The smallest absolute Gasteiger partial charge is 0.129 e. The number of benzene rings is 1. The van der Waals surface area contributed by atoms with E-state index in [4.69, 9.17) is 21.1 Å². The molecule has 0 bridgehead atoms. The lowest BCUT2D eigenvalue weighted by Crippen LogP contribution is -1.98. The van der Waals surface area contributed by atoms with Crippen LogP contribution in [0.2, 0.25) is 5.02 Å². The van der Waals surface area contributed by atoms with Gasteiger partial charge in [-0.3, -0.25) is 0 Å². The van der Waals surface area contributed by atoms with Crippen LogP contribution in [0.4, 0.5) is 5.69 Å². The zero-order chi connectivity index (χ0) is 12.3. The number of aliphatic hydroxyl groups excluding tert-OH is 1. The highest BCUT2D eigenvalue weighted by atomic mass is 79.9. The molecule has 0 amide bonds. The van der Waals surface area contributed by atoms with Gasteiger partial charge in [-0.1, -0.05) is 17.7 Å². The van der Waals surface area contributed by atoms with E-state index < -0.39 is 0 Å². The summed E-state index contributed by atoms with van der Waals surface area (Å²) in [5.41, 5.74) is 0.902. The zero-order valence-electron chi connectivity index (χ0n) is 8.91. The molecule has 3 nitrogen and oxygen atoms in total. The minimum absolute atomic E-state index is 0.0825. The quantitative estimate of drug-likeness (QED) is 0.902. The fraction of sp³-hybridized carbons (Fsp3) is 0.167. The molecular weight excluding hydrogens is 305 g/mol. The minimum atomic E-state index is -0.0825. The second-order valence-corrected chi connectivity index (χ2v) is 4.68. The van der Waals surface area contributed by atoms with E-state index in [0.29, 0.717) is 17.3 Å². The SMILES string of the molecule is OCc1ccc(CNc2cccc(Cl)c2Br)o1. The van der Waals surface area contributed by atoms with E-state index in [2.05, 4.69) is 21.2 Å². The molecule has 1 heterocycles. The molecule has 0 unspecified atom stereocenters. The first-order chi connectivity index (χ1) is 8.20. The van der Waals surface area contributed by atoms with Gasteiger partial charge in [0.05, 0.1) is 21.7 Å². The van der Waals surface area contributed by atoms with Crippen molar-refractivity contribution in [1.29, 1.82) is 0 Å². The van der Waals surface area contributed by atoms with E-state index in [1.807, 2.05) is 24.3 Å². The third-order valence-electron chi connectivity index (χ3n) is 2.28. The number of hydrogen-bond acceptors (Lipinski definition) is 3. The predicted molar refractivity (Wildman–Crippen MR) is 71.1 cm³/mol. The number of halogens is 2. The molecule has 0 radical (unpaired) electrons. The molecule has 1 aromatic carbocycles. The van der Waals surface area contributed by atoms with Crippen LogP contribution in [0.1, 0.15) is 11.5 Å². The standard InChI is InChI=1S/C12H11BrClNO2/c13-12-10(14)2-1-3-11(12)15-6-8-4-5-9(7-16)17-8/h1-5,15-16H,6-7H2. The normalized spacial score (nSPS) is 10.5. The fourth-order valence-corrected chi connectivity index (χ4v) is 2.00. The van der Waals surface area contributed by atoms with Gasteiger partial charge in [0.15, 0.2) is 0 Å². The first kappa shape index (κ1) is 12.5. The molecule has 0 atom stereocenters. The highest BCUT2D eigenvalue weighted by Crippen LogP contribution is 2.30. The molecule has 0 aliphatic rings. The first-order valence-electron chi connectivity index (χ1n) is 5.07. The van der Waals surface area contributed by atoms with Gasteiger partial charge in [0.2, 0.25) is 0 Å². The average molecular weight is 317 g/mol. The van der Waals surface area contributed by atoms with Gasteiger partial charge < -0.3 is 14.8 Å². The Hall–Kier alpha value is -0.970. The fourth-order valence-electron chi connectivity index (χ4n) is 1.42. The average Bonchev–Trinajstić information content (AvgIpc) is 2.79. The summed E-state index contributed by atoms with van der Waals surface area (Å²) in [4.78, 5) is 0. The lowest BCUT2D eigenvalue weighted by molar-refractivity contribution is 0.244. The topological polar surface area (TPSA) is 45.4 Å². The Morgan fingerprint density at radius 1 is 1.24 bits per heavy atom. The van der Waals surface area contributed by atoms with E-state index in [9.17, 15) is 0 Å². The van der Waals surface area contributed by atoms with Gasteiger partial charge in [-0.05, 0) is 40.2 Å². The summed E-state index contributed by atoms with van der Waals surface area (Å²) in [5, 5.41) is 12.7. The van der Waals surface area contributed by atoms with Crippen molar-refractivity contribution in [3.8, 4) is 0 Å². The maximum Gasteiger partial charge on any atom is 0.129 e. The summed E-state index contributed by atoms with van der Waals surface area (Å²) in [6.45, 7) is 0.458. The second kappa shape index (κ2) is 5.58. The van der Waals surface area contributed by atoms with Gasteiger partial charge in [0.1, 0.15) is 18.1 Å². The molecule has 0 aliphatic heterocycles. The summed E-state index contributed by atoms with van der Waals surface area (Å²) < 4.78 is 6.19. The van der Waals surface area contributed by atoms with Crippen molar-refractivity contribution in [1.82, 2.24) is 0 Å². The molecule has 2 rings (SSSR count). The summed E-state index contributed by atoms with van der Waals surface area (Å²) >= 11 is 9.39. The van der Waals surface area contributed by atoms with Gasteiger partial charge in [-0.15, -0.1) is 0 Å². The predicted octanol–water partition coefficient (Wildman–Crippen LogP) is 3.80. The van der Waals surface area contributed by atoms with Crippen LogP contribution in [0.25, 0.3) is 0 Å². The molecule has 90 valence electrons. The molecule has 0 spiro atoms. The molecule has 0 saturated carbocycles. The van der Waals surface area contributed by atoms with Crippen LogP contribution in [-0.2, 0) is 13.2 Å². The van der Waals surface area contributed by atoms with Gasteiger partial charge >= 0.3 is 0 Å². The van der Waals surface area contributed by atoms with Crippen molar-refractivity contribution in [3.05, 3.63) is 51.3 Å². The Bertz CT molecular complexity index is 513. The van der Waals surface area contributed by atoms with E-state index in [1.165, 1.54) is 0 Å². The lowest BCUT2D eigenvalue weighted by atomic mass is 10.3. The highest BCUT2D eigenvalue weighted by Gasteiger charge is 2.05. The Kier molecular flexibility index (Phi) is 4.10. The minimum Gasteiger partial charge on any atom is -0.462 e. The first-order valence-corrected chi connectivity index (χ1v) is 6.24. The van der Waals surface area contributed by atoms with E-state index >= 15 is 0 Å². The number of furan rings is 1. The Balaban J connectivity index is 2.04. The van der Waals surface area contributed by atoms with Crippen LogP contribution in [0.5, 0.6) is 0 Å². The van der Waals surface area contributed by atoms with Crippen LogP contribution >= 0.6 is 27.5 Å². The number of aliphatic hydroxyl groups is 1. The zero-order valence-corrected chi connectivity index (χ0v) is 11.3. The third kappa shape index (κ3) is 3.03. The molecule has 0 saturated heterocycles. The van der Waals surface area contributed by atoms with Gasteiger partial charge in [0, 0.05) is 0 Å². The lowest BCUT2D eigenvalue weighted by Gasteiger charge is -2.07. The van der Waals surface area contributed by atoms with Crippen LogP contribution < -0.4 is 5.32 Å². The molecule has 5 heteroatoms. The van der Waals surface area contributed by atoms with Crippen molar-refractivity contribution in [3.63, 3.8) is 0 Å². The molecule has 2 aromatic rings. The maximum absolute atomic E-state index is 8.88. The maximum atomic E-state index is 8.88. The molecule has 2 N–H and O–H groups in total. The monoisotopic (exact) mass is 315 g/mol. The summed E-state index contributed by atoms with van der Waals surface area (Å²) in [6.07, 6.45) is 0. The Labute approximate surface area is 113 Å². The number of nitrogens with one attached hydrogen (secondary N) is 1. The molecule has 0 aliphatic carbocycles. The van der Waals surface area contributed by atoms with E-state index in [-0.39, 0.29) is 6.61 Å². The van der Waals surface area contributed by atoms with Gasteiger partial charge in [-0.2, -0.15) is 0 Å². The number of anilines is 1. The summed E-state index contributed by atoms with van der Waals surface area (Å²) in [6, 6.07) is 9.19. The van der Waals surface area contributed by atoms with Crippen molar-refractivity contribution in [2.45, 2.75) is 13.2 Å². The van der Waals surface area contributed by atoms with Gasteiger partial charge in [-0.25, -0.2) is 0 Å². The second-order valence-electron chi connectivity index (χ2n) is 3.48. The third-order valence-corrected chi connectivity index (χ3v) is 3.68. The van der Waals surface area contributed by atoms with Crippen LogP contribution in [0, 0.1) is 0 Å². The highest BCUT2D eigenvalue weighted by molar-refractivity contribution is 9.10. The van der Waals surface area contributed by atoms with Crippen molar-refractivity contribution >= 4 is 33.2 Å². The molecule has 0 fully saturated rings. The Morgan fingerprint density at radius 2 is 2.00 bits per heavy atom. The van der Waals surface area contributed by atoms with Crippen LogP contribution in [-0.4, -0.2) is 5.11 Å². The Morgan fingerprint density at radius 3 is 2.71 bits per heavy atom. The van der Waals surface area contributed by atoms with E-state index in [1.54, 1.807) is 6.07 Å². The summed E-state index contributed by atoms with van der Waals surface area (Å²) in [5.74, 6) is 1.33. The van der Waals surface area contributed by atoms with Gasteiger partial charge in [0.25, 0.3) is 0 Å².